The van der Waals surface area contributed by atoms with Crippen molar-refractivity contribution in [2.24, 2.45) is 0 Å². The first kappa shape index (κ1) is 23.9. The van der Waals surface area contributed by atoms with E-state index in [2.05, 4.69) is 6.92 Å². The molecule has 0 aliphatic carbocycles. The number of carbonyl (C=O) groups excluding carboxylic acids is 2. The fraction of sp³-hybridized carbons (Fsp3) is 0.905. The molecule has 4 heteroatoms. The first-order chi connectivity index (χ1) is 12.2. The van der Waals surface area contributed by atoms with Crippen LogP contribution in [0.15, 0.2) is 0 Å². The van der Waals surface area contributed by atoms with Gasteiger partial charge in [-0.1, -0.05) is 71.1 Å². The first-order valence-corrected chi connectivity index (χ1v) is 10.5. The molecule has 0 saturated heterocycles. The second-order valence-corrected chi connectivity index (χ2v) is 6.77. The first-order valence-electron chi connectivity index (χ1n) is 10.5. The van der Waals surface area contributed by atoms with Gasteiger partial charge in [-0.05, 0) is 26.2 Å². The third-order valence-corrected chi connectivity index (χ3v) is 4.33. The summed E-state index contributed by atoms with van der Waals surface area (Å²) in [5.41, 5.74) is 0. The van der Waals surface area contributed by atoms with Crippen LogP contribution >= 0.6 is 0 Å². The Labute approximate surface area is 155 Å². The smallest absolute Gasteiger partial charge is 0.305 e. The van der Waals surface area contributed by atoms with E-state index in [1.165, 1.54) is 51.4 Å². The molecule has 0 rings (SSSR count). The van der Waals surface area contributed by atoms with Crippen LogP contribution in [0.25, 0.3) is 0 Å². The lowest BCUT2D eigenvalue weighted by molar-refractivity contribution is -0.144. The number of carbonyl (C=O) groups is 2. The zero-order chi connectivity index (χ0) is 18.6. The van der Waals surface area contributed by atoms with Crippen molar-refractivity contribution in [2.75, 3.05) is 13.2 Å². The molecule has 25 heavy (non-hydrogen) atoms. The van der Waals surface area contributed by atoms with Crippen molar-refractivity contribution < 1.29 is 19.1 Å². The molecule has 0 amide bonds. The van der Waals surface area contributed by atoms with Gasteiger partial charge in [-0.25, -0.2) is 0 Å². The second-order valence-electron chi connectivity index (χ2n) is 6.77. The predicted octanol–water partition coefficient (Wildman–Crippen LogP) is 5.96. The van der Waals surface area contributed by atoms with Crippen molar-refractivity contribution in [3.05, 3.63) is 0 Å². The maximum Gasteiger partial charge on any atom is 0.305 e. The van der Waals surface area contributed by atoms with Crippen LogP contribution in [0.4, 0.5) is 0 Å². The fourth-order valence-corrected chi connectivity index (χ4v) is 2.80. The van der Waals surface area contributed by atoms with E-state index in [0.717, 1.165) is 32.1 Å². The topological polar surface area (TPSA) is 52.6 Å². The number of ether oxygens (including phenoxy) is 2. The Morgan fingerprint density at radius 3 is 1.52 bits per heavy atom. The maximum absolute atomic E-state index is 11.6. The summed E-state index contributed by atoms with van der Waals surface area (Å²) >= 11 is 0. The normalized spacial score (nSPS) is 10.6. The van der Waals surface area contributed by atoms with E-state index in [1.54, 1.807) is 0 Å². The Morgan fingerprint density at radius 2 is 1.00 bits per heavy atom. The Hall–Kier alpha value is -1.06. The van der Waals surface area contributed by atoms with Crippen molar-refractivity contribution in [3.63, 3.8) is 0 Å². The molecule has 0 saturated carbocycles. The van der Waals surface area contributed by atoms with Crippen LogP contribution < -0.4 is 0 Å². The summed E-state index contributed by atoms with van der Waals surface area (Å²) in [7, 11) is 0. The summed E-state index contributed by atoms with van der Waals surface area (Å²) < 4.78 is 10.2. The van der Waals surface area contributed by atoms with Gasteiger partial charge in [-0.2, -0.15) is 0 Å². The van der Waals surface area contributed by atoms with Gasteiger partial charge in [0.25, 0.3) is 0 Å². The Bertz CT molecular complexity index is 315. The zero-order valence-corrected chi connectivity index (χ0v) is 16.7. The Balaban J connectivity index is 3.19. The molecule has 0 aliphatic rings. The molecule has 0 spiro atoms. The van der Waals surface area contributed by atoms with Crippen LogP contribution in [0, 0.1) is 0 Å². The van der Waals surface area contributed by atoms with Crippen LogP contribution in [0.1, 0.15) is 110 Å². The highest BCUT2D eigenvalue weighted by Crippen LogP contribution is 2.11. The van der Waals surface area contributed by atoms with E-state index in [-0.39, 0.29) is 11.9 Å². The molecular formula is C21H40O4. The molecule has 0 bridgehead atoms. The van der Waals surface area contributed by atoms with E-state index in [9.17, 15) is 9.59 Å². The summed E-state index contributed by atoms with van der Waals surface area (Å²) in [5.74, 6) is -0.107. The van der Waals surface area contributed by atoms with Gasteiger partial charge in [0.2, 0.25) is 0 Å². The lowest BCUT2D eigenvalue weighted by atomic mass is 10.1. The number of hydrogen-bond donors (Lipinski definition) is 0. The number of hydrogen-bond acceptors (Lipinski definition) is 4. The Morgan fingerprint density at radius 1 is 0.560 bits per heavy atom. The van der Waals surface area contributed by atoms with Crippen molar-refractivity contribution in [3.8, 4) is 0 Å². The van der Waals surface area contributed by atoms with Crippen LogP contribution in [0.5, 0.6) is 0 Å². The molecule has 0 fully saturated rings. The summed E-state index contributed by atoms with van der Waals surface area (Å²) in [5, 5.41) is 0. The molecule has 0 atom stereocenters. The largest absolute Gasteiger partial charge is 0.466 e. The molecule has 0 aromatic rings. The minimum Gasteiger partial charge on any atom is -0.466 e. The predicted molar refractivity (Wildman–Crippen MR) is 103 cm³/mol. The van der Waals surface area contributed by atoms with Gasteiger partial charge in [0.15, 0.2) is 0 Å². The minimum absolute atomic E-state index is 0.0329. The molecule has 0 aromatic heterocycles. The molecule has 0 heterocycles. The van der Waals surface area contributed by atoms with Crippen molar-refractivity contribution in [1.29, 1.82) is 0 Å². The highest BCUT2D eigenvalue weighted by atomic mass is 16.5. The summed E-state index contributed by atoms with van der Waals surface area (Å²) in [6.45, 7) is 5.11. The standard InChI is InChI=1S/C21H40O4/c1-3-5-6-13-16-19-25-21(23)18-15-12-10-8-7-9-11-14-17-20(22)24-4-2/h3-19H2,1-2H3. The molecule has 0 radical (unpaired) electrons. The van der Waals surface area contributed by atoms with E-state index < -0.39 is 0 Å². The fourth-order valence-electron chi connectivity index (χ4n) is 2.80. The summed E-state index contributed by atoms with van der Waals surface area (Å²) in [6.07, 6.45) is 15.9. The average molecular weight is 357 g/mol. The van der Waals surface area contributed by atoms with Gasteiger partial charge in [0.05, 0.1) is 13.2 Å². The summed E-state index contributed by atoms with van der Waals surface area (Å²) in [4.78, 5) is 22.8. The van der Waals surface area contributed by atoms with Crippen LogP contribution in [-0.2, 0) is 19.1 Å². The highest BCUT2D eigenvalue weighted by molar-refractivity contribution is 5.69. The molecule has 0 N–H and O–H groups in total. The van der Waals surface area contributed by atoms with Crippen LogP contribution in [-0.4, -0.2) is 25.2 Å². The molecule has 0 aromatic carbocycles. The van der Waals surface area contributed by atoms with Gasteiger partial charge in [0, 0.05) is 12.8 Å². The molecule has 148 valence electrons. The maximum atomic E-state index is 11.6. The van der Waals surface area contributed by atoms with Gasteiger partial charge in [0.1, 0.15) is 0 Å². The van der Waals surface area contributed by atoms with E-state index >= 15 is 0 Å². The third-order valence-electron chi connectivity index (χ3n) is 4.33. The van der Waals surface area contributed by atoms with Gasteiger partial charge in [-0.3, -0.25) is 9.59 Å². The van der Waals surface area contributed by atoms with Gasteiger partial charge < -0.3 is 9.47 Å². The monoisotopic (exact) mass is 356 g/mol. The van der Waals surface area contributed by atoms with E-state index in [4.69, 9.17) is 9.47 Å². The van der Waals surface area contributed by atoms with E-state index in [1.807, 2.05) is 6.92 Å². The number of rotatable bonds is 18. The Kier molecular flexibility index (Phi) is 18.5. The van der Waals surface area contributed by atoms with Gasteiger partial charge in [-0.15, -0.1) is 0 Å². The van der Waals surface area contributed by atoms with E-state index in [0.29, 0.717) is 26.1 Å². The average Bonchev–Trinajstić information content (AvgIpc) is 2.59. The number of esters is 2. The molecule has 0 aliphatic heterocycles. The van der Waals surface area contributed by atoms with Crippen LogP contribution in [0.2, 0.25) is 0 Å². The van der Waals surface area contributed by atoms with Crippen molar-refractivity contribution in [1.82, 2.24) is 0 Å². The zero-order valence-electron chi connectivity index (χ0n) is 16.7. The number of unbranched alkanes of at least 4 members (excludes halogenated alkanes) is 11. The summed E-state index contributed by atoms with van der Waals surface area (Å²) in [6, 6.07) is 0. The minimum atomic E-state index is -0.0738. The molecule has 4 nitrogen and oxygen atoms in total. The van der Waals surface area contributed by atoms with Crippen LogP contribution in [0.3, 0.4) is 0 Å². The second kappa shape index (κ2) is 19.3. The third kappa shape index (κ3) is 19.1. The van der Waals surface area contributed by atoms with Crippen molar-refractivity contribution >= 4 is 11.9 Å². The molecular weight excluding hydrogens is 316 g/mol. The molecule has 0 unspecified atom stereocenters. The highest BCUT2D eigenvalue weighted by Gasteiger charge is 2.03. The van der Waals surface area contributed by atoms with Crippen molar-refractivity contribution in [2.45, 2.75) is 110 Å². The van der Waals surface area contributed by atoms with Gasteiger partial charge >= 0.3 is 11.9 Å². The lowest BCUT2D eigenvalue weighted by Crippen LogP contribution is -2.05. The lowest BCUT2D eigenvalue weighted by Gasteiger charge is -2.05. The SMILES string of the molecule is CCCCCCCOC(=O)CCCCCCCCCCC(=O)OCC. The quantitative estimate of drug-likeness (QED) is 0.224.